The van der Waals surface area contributed by atoms with Crippen molar-refractivity contribution in [2.45, 2.75) is 56.2 Å². The van der Waals surface area contributed by atoms with Crippen LogP contribution in [0.1, 0.15) is 45.4 Å². The van der Waals surface area contributed by atoms with Crippen LogP contribution in [0.2, 0.25) is 0 Å². The molecular formula is C11H21NO2S. The molecule has 0 heterocycles. The SMILES string of the molecule is CCCCCSC1CCC(N)(C(=O)O)C1. The molecule has 15 heavy (non-hydrogen) atoms. The molecule has 1 saturated carbocycles. The Morgan fingerprint density at radius 2 is 2.33 bits per heavy atom. The molecule has 0 spiro atoms. The minimum absolute atomic E-state index is 0.461. The van der Waals surface area contributed by atoms with Gasteiger partial charge >= 0.3 is 5.97 Å². The lowest BCUT2D eigenvalue weighted by atomic mass is 10.0. The summed E-state index contributed by atoms with van der Waals surface area (Å²) in [5.74, 6) is 0.313. The molecule has 0 saturated heterocycles. The van der Waals surface area contributed by atoms with Crippen LogP contribution in [-0.2, 0) is 4.79 Å². The zero-order valence-electron chi connectivity index (χ0n) is 9.37. The molecule has 1 fully saturated rings. The maximum Gasteiger partial charge on any atom is 0.323 e. The highest BCUT2D eigenvalue weighted by Crippen LogP contribution is 2.36. The average Bonchev–Trinajstić information content (AvgIpc) is 2.57. The highest BCUT2D eigenvalue weighted by atomic mass is 32.2. The molecule has 0 bridgehead atoms. The van der Waals surface area contributed by atoms with Gasteiger partial charge in [-0.3, -0.25) is 4.79 Å². The van der Waals surface area contributed by atoms with E-state index >= 15 is 0 Å². The summed E-state index contributed by atoms with van der Waals surface area (Å²) in [7, 11) is 0. The average molecular weight is 231 g/mol. The van der Waals surface area contributed by atoms with Gasteiger partial charge in [0.1, 0.15) is 5.54 Å². The molecule has 0 aliphatic heterocycles. The van der Waals surface area contributed by atoms with Crippen molar-refractivity contribution in [2.75, 3.05) is 5.75 Å². The zero-order chi connectivity index (χ0) is 11.3. The van der Waals surface area contributed by atoms with Crippen LogP contribution in [0.3, 0.4) is 0 Å². The Kier molecular flexibility index (Phi) is 4.93. The topological polar surface area (TPSA) is 63.3 Å². The van der Waals surface area contributed by atoms with E-state index in [4.69, 9.17) is 10.8 Å². The molecule has 0 aromatic rings. The van der Waals surface area contributed by atoms with Gasteiger partial charge in [-0.05, 0) is 31.4 Å². The summed E-state index contributed by atoms with van der Waals surface area (Å²) in [4.78, 5) is 10.9. The lowest BCUT2D eigenvalue weighted by Crippen LogP contribution is -2.45. The van der Waals surface area contributed by atoms with E-state index in [9.17, 15) is 4.79 Å². The van der Waals surface area contributed by atoms with Crippen molar-refractivity contribution < 1.29 is 9.90 Å². The number of unbranched alkanes of at least 4 members (excludes halogenated alkanes) is 2. The van der Waals surface area contributed by atoms with Crippen molar-refractivity contribution in [3.63, 3.8) is 0 Å². The van der Waals surface area contributed by atoms with Gasteiger partial charge in [0, 0.05) is 5.25 Å². The van der Waals surface area contributed by atoms with Crippen molar-refractivity contribution in [3.05, 3.63) is 0 Å². The van der Waals surface area contributed by atoms with E-state index in [1.54, 1.807) is 0 Å². The van der Waals surface area contributed by atoms with Crippen molar-refractivity contribution in [1.82, 2.24) is 0 Å². The minimum atomic E-state index is -0.942. The van der Waals surface area contributed by atoms with Gasteiger partial charge < -0.3 is 10.8 Å². The fourth-order valence-electron chi connectivity index (χ4n) is 1.97. The highest BCUT2D eigenvalue weighted by Gasteiger charge is 2.41. The predicted octanol–water partition coefficient (Wildman–Crippen LogP) is 2.24. The summed E-state index contributed by atoms with van der Waals surface area (Å²) in [6.07, 6.45) is 5.97. The van der Waals surface area contributed by atoms with Crippen LogP contribution in [0.15, 0.2) is 0 Å². The Balaban J connectivity index is 2.22. The van der Waals surface area contributed by atoms with Gasteiger partial charge in [0.15, 0.2) is 0 Å². The summed E-state index contributed by atoms with van der Waals surface area (Å²) in [5, 5.41) is 9.43. The number of nitrogens with two attached hydrogens (primary N) is 1. The first kappa shape index (κ1) is 12.8. The molecule has 3 nitrogen and oxygen atoms in total. The molecule has 0 aromatic carbocycles. The maximum absolute atomic E-state index is 10.9. The van der Waals surface area contributed by atoms with Gasteiger partial charge in [-0.25, -0.2) is 0 Å². The van der Waals surface area contributed by atoms with E-state index in [-0.39, 0.29) is 0 Å². The Morgan fingerprint density at radius 1 is 1.60 bits per heavy atom. The van der Waals surface area contributed by atoms with E-state index in [2.05, 4.69) is 6.92 Å². The van der Waals surface area contributed by atoms with Crippen LogP contribution in [0.4, 0.5) is 0 Å². The van der Waals surface area contributed by atoms with Crippen molar-refractivity contribution in [1.29, 1.82) is 0 Å². The van der Waals surface area contributed by atoms with E-state index < -0.39 is 11.5 Å². The number of carbonyl (C=O) groups is 1. The van der Waals surface area contributed by atoms with E-state index in [0.717, 1.165) is 12.2 Å². The zero-order valence-corrected chi connectivity index (χ0v) is 10.2. The standard InChI is InChI=1S/C11H21NO2S/c1-2-3-4-7-15-9-5-6-11(12,8-9)10(13)14/h9H,2-8,12H2,1H3,(H,13,14). The Labute approximate surface area is 95.8 Å². The molecule has 4 heteroatoms. The maximum atomic E-state index is 10.9. The highest BCUT2D eigenvalue weighted by molar-refractivity contribution is 7.99. The minimum Gasteiger partial charge on any atom is -0.480 e. The number of hydrogen-bond acceptors (Lipinski definition) is 3. The lowest BCUT2D eigenvalue weighted by Gasteiger charge is -2.17. The lowest BCUT2D eigenvalue weighted by molar-refractivity contribution is -0.143. The van der Waals surface area contributed by atoms with Crippen molar-refractivity contribution in [2.24, 2.45) is 5.73 Å². The molecule has 88 valence electrons. The molecule has 1 rings (SSSR count). The van der Waals surface area contributed by atoms with E-state index in [1.807, 2.05) is 11.8 Å². The number of thioether (sulfide) groups is 1. The summed E-state index contributed by atoms with van der Waals surface area (Å²) in [6.45, 7) is 2.19. The van der Waals surface area contributed by atoms with Gasteiger partial charge in [0.2, 0.25) is 0 Å². The first-order valence-corrected chi connectivity index (χ1v) is 6.77. The summed E-state index contributed by atoms with van der Waals surface area (Å²) in [6, 6.07) is 0. The smallest absolute Gasteiger partial charge is 0.323 e. The normalized spacial score (nSPS) is 30.7. The predicted molar refractivity (Wildman–Crippen MR) is 64.2 cm³/mol. The molecule has 3 N–H and O–H groups in total. The Morgan fingerprint density at radius 3 is 2.87 bits per heavy atom. The van der Waals surface area contributed by atoms with Crippen LogP contribution in [0, 0.1) is 0 Å². The van der Waals surface area contributed by atoms with Gasteiger partial charge in [0.05, 0.1) is 0 Å². The second-order valence-corrected chi connectivity index (χ2v) is 5.81. The van der Waals surface area contributed by atoms with Crippen molar-refractivity contribution in [3.8, 4) is 0 Å². The molecule has 2 unspecified atom stereocenters. The summed E-state index contributed by atoms with van der Waals surface area (Å²) in [5.41, 5.74) is 4.87. The molecule has 1 aliphatic carbocycles. The fraction of sp³-hybridized carbons (Fsp3) is 0.909. The van der Waals surface area contributed by atoms with Gasteiger partial charge in [-0.1, -0.05) is 19.8 Å². The van der Waals surface area contributed by atoms with Crippen LogP contribution >= 0.6 is 11.8 Å². The molecule has 0 radical (unpaired) electrons. The first-order chi connectivity index (χ1) is 7.08. The quantitative estimate of drug-likeness (QED) is 0.688. The third-order valence-electron chi connectivity index (χ3n) is 3.03. The molecular weight excluding hydrogens is 210 g/mol. The second kappa shape index (κ2) is 5.75. The molecule has 0 aromatic heterocycles. The fourth-order valence-corrected chi connectivity index (χ4v) is 3.37. The third kappa shape index (κ3) is 3.68. The monoisotopic (exact) mass is 231 g/mol. The molecule has 2 atom stereocenters. The van der Waals surface area contributed by atoms with Crippen LogP contribution in [0.25, 0.3) is 0 Å². The largest absolute Gasteiger partial charge is 0.480 e. The number of hydrogen-bond donors (Lipinski definition) is 2. The van der Waals surface area contributed by atoms with Crippen molar-refractivity contribution >= 4 is 17.7 Å². The number of rotatable bonds is 6. The van der Waals surface area contributed by atoms with E-state index in [0.29, 0.717) is 18.1 Å². The summed E-state index contributed by atoms with van der Waals surface area (Å²) >= 11 is 1.90. The first-order valence-electron chi connectivity index (χ1n) is 5.72. The third-order valence-corrected chi connectivity index (χ3v) is 4.43. The number of carboxylic acid groups (broad SMARTS) is 1. The van der Waals surface area contributed by atoms with Gasteiger partial charge in [0.25, 0.3) is 0 Å². The number of aliphatic carboxylic acids is 1. The second-order valence-electron chi connectivity index (χ2n) is 4.40. The Hall–Kier alpha value is -0.220. The van der Waals surface area contributed by atoms with Crippen LogP contribution in [-0.4, -0.2) is 27.6 Å². The summed E-state index contributed by atoms with van der Waals surface area (Å²) < 4.78 is 0. The molecule has 0 amide bonds. The van der Waals surface area contributed by atoms with Gasteiger partial charge in [-0.15, -0.1) is 0 Å². The van der Waals surface area contributed by atoms with Crippen LogP contribution < -0.4 is 5.73 Å². The van der Waals surface area contributed by atoms with Gasteiger partial charge in [-0.2, -0.15) is 11.8 Å². The Bertz CT molecular complexity index is 223. The van der Waals surface area contributed by atoms with Crippen LogP contribution in [0.5, 0.6) is 0 Å². The number of carboxylic acids is 1. The molecule has 1 aliphatic rings. The van der Waals surface area contributed by atoms with E-state index in [1.165, 1.54) is 19.3 Å².